The van der Waals surface area contributed by atoms with Crippen LogP contribution in [0.2, 0.25) is 0 Å². The lowest BCUT2D eigenvalue weighted by molar-refractivity contribution is 0.201. The van der Waals surface area contributed by atoms with E-state index < -0.39 is 16.1 Å². The van der Waals surface area contributed by atoms with Gasteiger partial charge in [-0.05, 0) is 24.3 Å². The van der Waals surface area contributed by atoms with Gasteiger partial charge in [-0.15, -0.1) is 11.3 Å². The number of carboxylic acid groups (broad SMARTS) is 1. The average Bonchev–Trinajstić information content (AvgIpc) is 3.27. The molecule has 8 nitrogen and oxygen atoms in total. The van der Waals surface area contributed by atoms with Crippen LogP contribution >= 0.6 is 11.3 Å². The molecule has 1 amide bonds. The number of rotatable bonds is 8. The molecule has 0 bridgehead atoms. The Morgan fingerprint density at radius 3 is 2.61 bits per heavy atom. The van der Waals surface area contributed by atoms with Crippen molar-refractivity contribution >= 4 is 27.5 Å². The Kier molecular flexibility index (Phi) is 5.85. The summed E-state index contributed by atoms with van der Waals surface area (Å²) in [6, 6.07) is 7.54. The summed E-state index contributed by atoms with van der Waals surface area (Å²) in [6.07, 6.45) is 5.15. The highest BCUT2D eigenvalue weighted by atomic mass is 32.2. The molecule has 0 saturated heterocycles. The zero-order valence-corrected chi connectivity index (χ0v) is 18.9. The van der Waals surface area contributed by atoms with Crippen LogP contribution in [0.4, 0.5) is 4.79 Å². The predicted octanol–water partition coefficient (Wildman–Crippen LogP) is 4.09. The van der Waals surface area contributed by atoms with Gasteiger partial charge in [0.25, 0.3) is 10.0 Å². The van der Waals surface area contributed by atoms with Crippen molar-refractivity contribution in [3.63, 3.8) is 0 Å². The third-order valence-electron chi connectivity index (χ3n) is 4.96. The molecule has 2 aromatic heterocycles. The summed E-state index contributed by atoms with van der Waals surface area (Å²) in [5.74, 6) is 1.95. The maximum absolute atomic E-state index is 12.6. The van der Waals surface area contributed by atoms with E-state index in [1.165, 1.54) is 12.8 Å². The van der Waals surface area contributed by atoms with Gasteiger partial charge < -0.3 is 9.67 Å². The minimum absolute atomic E-state index is 0.0797. The Morgan fingerprint density at radius 1 is 1.29 bits per heavy atom. The highest BCUT2D eigenvalue weighted by molar-refractivity contribution is 7.92. The van der Waals surface area contributed by atoms with E-state index in [1.54, 1.807) is 4.72 Å². The number of hydrogen-bond acceptors (Lipinski definition) is 6. The van der Waals surface area contributed by atoms with Crippen LogP contribution in [0.1, 0.15) is 49.0 Å². The molecule has 10 heteroatoms. The second kappa shape index (κ2) is 8.43. The first-order chi connectivity index (χ1) is 14.7. The van der Waals surface area contributed by atoms with Crippen molar-refractivity contribution in [2.45, 2.75) is 49.8 Å². The fourth-order valence-corrected chi connectivity index (χ4v) is 6.05. The van der Waals surface area contributed by atoms with Crippen LogP contribution in [0.15, 0.2) is 40.9 Å². The SMILES string of the molecule is CC(C)Cc1nc(-c2ccc(Cn3ccnc3C3CC3)cc2)c(S(=O)(=O)NC(=O)O)s1. The first-order valence-electron chi connectivity index (χ1n) is 10.1. The molecule has 4 rings (SSSR count). The highest BCUT2D eigenvalue weighted by Crippen LogP contribution is 2.39. The maximum atomic E-state index is 12.6. The molecule has 3 aromatic rings. The van der Waals surface area contributed by atoms with E-state index >= 15 is 0 Å². The minimum Gasteiger partial charge on any atom is -0.464 e. The number of carbonyl (C=O) groups is 1. The van der Waals surface area contributed by atoms with Crippen LogP contribution in [0.3, 0.4) is 0 Å². The van der Waals surface area contributed by atoms with E-state index in [0.717, 1.165) is 22.7 Å². The molecule has 31 heavy (non-hydrogen) atoms. The number of amides is 1. The number of aromatic nitrogens is 3. The number of sulfonamides is 1. The zero-order chi connectivity index (χ0) is 22.2. The summed E-state index contributed by atoms with van der Waals surface area (Å²) in [4.78, 5) is 20.0. The largest absolute Gasteiger partial charge is 0.464 e. The van der Waals surface area contributed by atoms with E-state index in [0.29, 0.717) is 35.4 Å². The number of nitrogens with one attached hydrogen (secondary N) is 1. The van der Waals surface area contributed by atoms with Crippen molar-refractivity contribution in [2.24, 2.45) is 5.92 Å². The van der Waals surface area contributed by atoms with Gasteiger partial charge in [-0.2, -0.15) is 0 Å². The van der Waals surface area contributed by atoms with E-state index in [1.807, 2.05) is 50.5 Å². The molecular weight excluding hydrogens is 436 g/mol. The monoisotopic (exact) mass is 460 g/mol. The van der Waals surface area contributed by atoms with Gasteiger partial charge >= 0.3 is 6.09 Å². The van der Waals surface area contributed by atoms with Crippen LogP contribution in [0, 0.1) is 5.92 Å². The molecule has 1 aromatic carbocycles. The molecule has 164 valence electrons. The lowest BCUT2D eigenvalue weighted by atomic mass is 10.1. The summed E-state index contributed by atoms with van der Waals surface area (Å²) in [5.41, 5.74) is 1.98. The van der Waals surface area contributed by atoms with E-state index in [-0.39, 0.29) is 9.90 Å². The number of benzene rings is 1. The van der Waals surface area contributed by atoms with Crippen molar-refractivity contribution in [1.29, 1.82) is 0 Å². The van der Waals surface area contributed by atoms with Crippen molar-refractivity contribution in [1.82, 2.24) is 19.3 Å². The molecule has 0 unspecified atom stereocenters. The molecule has 2 heterocycles. The highest BCUT2D eigenvalue weighted by Gasteiger charge is 2.28. The fourth-order valence-electron chi connectivity index (χ4n) is 3.43. The number of nitrogens with zero attached hydrogens (tertiary/aromatic N) is 3. The molecule has 0 spiro atoms. The zero-order valence-electron chi connectivity index (χ0n) is 17.3. The lowest BCUT2D eigenvalue weighted by Crippen LogP contribution is -2.28. The third kappa shape index (κ3) is 4.96. The van der Waals surface area contributed by atoms with Crippen molar-refractivity contribution in [3.8, 4) is 11.3 Å². The first-order valence-corrected chi connectivity index (χ1v) is 12.4. The number of hydrogen-bond donors (Lipinski definition) is 2. The molecule has 1 aliphatic carbocycles. The minimum atomic E-state index is -4.22. The Bertz CT molecular complexity index is 1190. The van der Waals surface area contributed by atoms with Gasteiger partial charge in [-0.3, -0.25) is 0 Å². The van der Waals surface area contributed by atoms with Gasteiger partial charge in [0.15, 0.2) is 4.21 Å². The molecular formula is C21H24N4O4S2. The fraction of sp³-hybridized carbons (Fsp3) is 0.381. The normalized spacial score (nSPS) is 14.2. The van der Waals surface area contributed by atoms with Gasteiger partial charge in [0, 0.05) is 36.8 Å². The van der Waals surface area contributed by atoms with Gasteiger partial charge in [0.2, 0.25) is 0 Å². The molecule has 1 fully saturated rings. The summed E-state index contributed by atoms with van der Waals surface area (Å²) < 4.78 is 28.9. The smallest absolute Gasteiger partial charge is 0.418 e. The lowest BCUT2D eigenvalue weighted by Gasteiger charge is -2.08. The molecule has 0 atom stereocenters. The number of imidazole rings is 1. The summed E-state index contributed by atoms with van der Waals surface area (Å²) in [7, 11) is -4.22. The topological polar surface area (TPSA) is 114 Å². The van der Waals surface area contributed by atoms with E-state index in [4.69, 9.17) is 5.11 Å². The molecule has 0 radical (unpaired) electrons. The molecule has 2 N–H and O–H groups in total. The Balaban J connectivity index is 1.64. The van der Waals surface area contributed by atoms with Crippen LogP contribution in [0.5, 0.6) is 0 Å². The Labute approximate surface area is 185 Å². The van der Waals surface area contributed by atoms with E-state index in [9.17, 15) is 13.2 Å². The third-order valence-corrected chi connectivity index (χ3v) is 7.86. The second-order valence-electron chi connectivity index (χ2n) is 8.14. The van der Waals surface area contributed by atoms with Gasteiger partial charge in [-0.25, -0.2) is 27.9 Å². The van der Waals surface area contributed by atoms with E-state index in [2.05, 4.69) is 14.5 Å². The molecule has 1 saturated carbocycles. The Hall–Kier alpha value is -2.72. The average molecular weight is 461 g/mol. The van der Waals surface area contributed by atoms with Crippen LogP contribution in [-0.4, -0.2) is 34.2 Å². The van der Waals surface area contributed by atoms with Gasteiger partial charge in [0.05, 0.1) is 5.01 Å². The van der Waals surface area contributed by atoms with Crippen LogP contribution in [0.25, 0.3) is 11.3 Å². The first kappa shape index (κ1) is 21.5. The summed E-state index contributed by atoms with van der Waals surface area (Å²) >= 11 is 1.01. The van der Waals surface area contributed by atoms with Crippen molar-refractivity contribution in [2.75, 3.05) is 0 Å². The standard InChI is InChI=1S/C21H24N4O4S2/c1-13(2)11-17-23-18(20(30-17)31(28,29)24-21(26)27)15-5-3-14(4-6-15)12-25-10-9-22-19(25)16-7-8-16/h3-6,9-10,13,16,24H,7-8,11-12H2,1-2H3,(H,26,27). The predicted molar refractivity (Wildman–Crippen MR) is 118 cm³/mol. The summed E-state index contributed by atoms with van der Waals surface area (Å²) in [5, 5.41) is 9.59. The van der Waals surface area contributed by atoms with Gasteiger partial charge in [0.1, 0.15) is 11.5 Å². The number of thiazole rings is 1. The Morgan fingerprint density at radius 2 is 2.00 bits per heavy atom. The van der Waals surface area contributed by atoms with Crippen molar-refractivity contribution in [3.05, 3.63) is 53.1 Å². The molecule has 0 aliphatic heterocycles. The maximum Gasteiger partial charge on any atom is 0.418 e. The van der Waals surface area contributed by atoms with Crippen LogP contribution < -0.4 is 4.72 Å². The quantitative estimate of drug-likeness (QED) is 0.523. The van der Waals surface area contributed by atoms with Crippen LogP contribution in [-0.2, 0) is 23.0 Å². The second-order valence-corrected chi connectivity index (χ2v) is 11.1. The summed E-state index contributed by atoms with van der Waals surface area (Å²) in [6.45, 7) is 4.73. The van der Waals surface area contributed by atoms with Gasteiger partial charge in [-0.1, -0.05) is 38.1 Å². The van der Waals surface area contributed by atoms with Crippen molar-refractivity contribution < 1.29 is 18.3 Å². The molecule has 1 aliphatic rings.